The topological polar surface area (TPSA) is 54.5 Å². The lowest BCUT2D eigenvalue weighted by Crippen LogP contribution is -2.44. The number of hydrogen-bond donors (Lipinski definition) is 1. The predicted molar refractivity (Wildman–Crippen MR) is 79.9 cm³/mol. The number of amides is 1. The largest absolute Gasteiger partial charge is 0.450 e. The van der Waals surface area contributed by atoms with E-state index in [0.717, 1.165) is 43.9 Å². The summed E-state index contributed by atoms with van der Waals surface area (Å²) in [4.78, 5) is 19.1. The molecule has 0 saturated carbocycles. The lowest BCUT2D eigenvalue weighted by atomic mass is 10.1. The first-order chi connectivity index (χ1) is 9.72. The zero-order valence-corrected chi connectivity index (χ0v) is 13.0. The van der Waals surface area contributed by atoms with Gasteiger partial charge in [0, 0.05) is 36.8 Å². The Kier molecular flexibility index (Phi) is 5.79. The van der Waals surface area contributed by atoms with Crippen LogP contribution in [-0.4, -0.2) is 41.7 Å². The number of piperidine rings is 1. The van der Waals surface area contributed by atoms with E-state index in [-0.39, 0.29) is 6.09 Å². The summed E-state index contributed by atoms with van der Waals surface area (Å²) in [5, 5.41) is 4.68. The summed E-state index contributed by atoms with van der Waals surface area (Å²) in [7, 11) is 0. The summed E-state index contributed by atoms with van der Waals surface area (Å²) in [6.07, 6.45) is 4.79. The van der Waals surface area contributed by atoms with Gasteiger partial charge in [-0.1, -0.05) is 6.92 Å². The van der Waals surface area contributed by atoms with Gasteiger partial charge in [-0.2, -0.15) is 0 Å². The summed E-state index contributed by atoms with van der Waals surface area (Å²) in [5.74, 6) is 0. The molecule has 0 spiro atoms. The molecule has 1 aliphatic rings. The van der Waals surface area contributed by atoms with Crippen LogP contribution in [0.25, 0.3) is 0 Å². The van der Waals surface area contributed by atoms with Crippen LogP contribution in [0.3, 0.4) is 0 Å². The van der Waals surface area contributed by atoms with E-state index < -0.39 is 0 Å². The molecule has 20 heavy (non-hydrogen) atoms. The van der Waals surface area contributed by atoms with Gasteiger partial charge in [0.05, 0.1) is 6.61 Å². The Hall–Kier alpha value is -1.14. The van der Waals surface area contributed by atoms with Gasteiger partial charge in [-0.3, -0.25) is 0 Å². The number of thiazole rings is 1. The van der Waals surface area contributed by atoms with Gasteiger partial charge in [-0.15, -0.1) is 11.3 Å². The lowest BCUT2D eigenvalue weighted by molar-refractivity contribution is 0.0950. The maximum Gasteiger partial charge on any atom is 0.409 e. The molecule has 1 N–H and O–H groups in total. The van der Waals surface area contributed by atoms with Crippen LogP contribution in [-0.2, 0) is 17.7 Å². The summed E-state index contributed by atoms with van der Waals surface area (Å²) < 4.78 is 5.02. The molecule has 1 amide bonds. The van der Waals surface area contributed by atoms with E-state index in [4.69, 9.17) is 4.74 Å². The molecular formula is C14H23N3O2S. The summed E-state index contributed by atoms with van der Waals surface area (Å²) >= 11 is 1.78. The number of likely N-dealkylation sites (tertiary alicyclic amines) is 1. The minimum atomic E-state index is -0.182. The van der Waals surface area contributed by atoms with Crippen LogP contribution in [0.15, 0.2) is 6.20 Å². The van der Waals surface area contributed by atoms with E-state index in [9.17, 15) is 4.79 Å². The van der Waals surface area contributed by atoms with Crippen molar-refractivity contribution in [1.82, 2.24) is 15.2 Å². The maximum absolute atomic E-state index is 11.6. The number of rotatable bonds is 5. The smallest absolute Gasteiger partial charge is 0.409 e. The van der Waals surface area contributed by atoms with E-state index in [1.54, 1.807) is 16.2 Å². The highest BCUT2D eigenvalue weighted by Crippen LogP contribution is 2.15. The van der Waals surface area contributed by atoms with Gasteiger partial charge in [0.15, 0.2) is 0 Å². The molecule has 5 nitrogen and oxygen atoms in total. The Morgan fingerprint density at radius 2 is 2.25 bits per heavy atom. The molecule has 1 aromatic rings. The summed E-state index contributed by atoms with van der Waals surface area (Å²) in [6, 6.07) is 0.467. The molecule has 1 fully saturated rings. The fourth-order valence-electron chi connectivity index (χ4n) is 2.31. The number of carbonyl (C=O) groups is 1. The SMILES string of the molecule is CCOC(=O)N1CCC(NCc2ncc(CC)s2)CC1. The zero-order valence-electron chi connectivity index (χ0n) is 12.2. The number of aryl methyl sites for hydroxylation is 1. The van der Waals surface area contributed by atoms with Gasteiger partial charge < -0.3 is 15.0 Å². The molecule has 2 rings (SSSR count). The molecule has 1 saturated heterocycles. The standard InChI is InChI=1S/C14H23N3O2S/c1-3-12-9-16-13(20-12)10-15-11-5-7-17(8-6-11)14(18)19-4-2/h9,11,15H,3-8,10H2,1-2H3. The van der Waals surface area contributed by atoms with Crippen LogP contribution in [0, 0.1) is 0 Å². The molecule has 6 heteroatoms. The van der Waals surface area contributed by atoms with Crippen molar-refractivity contribution in [3.05, 3.63) is 16.1 Å². The van der Waals surface area contributed by atoms with Crippen LogP contribution in [0.5, 0.6) is 0 Å². The first kappa shape index (κ1) is 15.3. The van der Waals surface area contributed by atoms with E-state index in [1.807, 2.05) is 13.1 Å². The number of nitrogens with zero attached hydrogens (tertiary/aromatic N) is 2. The molecule has 0 unspecified atom stereocenters. The molecule has 0 aromatic carbocycles. The van der Waals surface area contributed by atoms with E-state index >= 15 is 0 Å². The van der Waals surface area contributed by atoms with Crippen molar-refractivity contribution in [3.8, 4) is 0 Å². The van der Waals surface area contributed by atoms with Crippen molar-refractivity contribution in [1.29, 1.82) is 0 Å². The number of hydrogen-bond acceptors (Lipinski definition) is 5. The second kappa shape index (κ2) is 7.59. The number of aromatic nitrogens is 1. The number of nitrogens with one attached hydrogen (secondary N) is 1. The normalized spacial score (nSPS) is 16.4. The third-order valence-corrected chi connectivity index (χ3v) is 4.65. The second-order valence-electron chi connectivity index (χ2n) is 4.92. The van der Waals surface area contributed by atoms with E-state index in [0.29, 0.717) is 12.6 Å². The van der Waals surface area contributed by atoms with Crippen molar-refractivity contribution < 1.29 is 9.53 Å². The molecule has 0 aliphatic carbocycles. The lowest BCUT2D eigenvalue weighted by Gasteiger charge is -2.31. The van der Waals surface area contributed by atoms with Crippen LogP contribution in [0.4, 0.5) is 4.79 Å². The summed E-state index contributed by atoms with van der Waals surface area (Å²) in [6.45, 7) is 6.80. The number of ether oxygens (including phenoxy) is 1. The van der Waals surface area contributed by atoms with Crippen LogP contribution in [0.2, 0.25) is 0 Å². The second-order valence-corrected chi connectivity index (χ2v) is 6.11. The highest BCUT2D eigenvalue weighted by molar-refractivity contribution is 7.11. The Morgan fingerprint density at radius 3 is 2.85 bits per heavy atom. The van der Waals surface area contributed by atoms with Gasteiger partial charge in [0.25, 0.3) is 0 Å². The predicted octanol–water partition coefficient (Wildman–Crippen LogP) is 2.42. The Balaban J connectivity index is 1.70. The molecule has 0 bridgehead atoms. The Morgan fingerprint density at radius 1 is 1.50 bits per heavy atom. The molecule has 112 valence electrons. The van der Waals surface area contributed by atoms with Gasteiger partial charge in [0.2, 0.25) is 0 Å². The maximum atomic E-state index is 11.6. The average molecular weight is 297 g/mol. The first-order valence-electron chi connectivity index (χ1n) is 7.31. The zero-order chi connectivity index (χ0) is 14.4. The van der Waals surface area contributed by atoms with E-state index in [1.165, 1.54) is 4.88 Å². The average Bonchev–Trinajstić information content (AvgIpc) is 2.94. The minimum absolute atomic E-state index is 0.182. The first-order valence-corrected chi connectivity index (χ1v) is 8.13. The van der Waals surface area contributed by atoms with Crippen LogP contribution >= 0.6 is 11.3 Å². The Bertz CT molecular complexity index is 428. The fraction of sp³-hybridized carbons (Fsp3) is 0.714. The van der Waals surface area contributed by atoms with Crippen molar-refractivity contribution in [2.75, 3.05) is 19.7 Å². The van der Waals surface area contributed by atoms with Crippen LogP contribution < -0.4 is 5.32 Å². The third-order valence-electron chi connectivity index (χ3n) is 3.51. The van der Waals surface area contributed by atoms with Crippen molar-refractivity contribution in [2.24, 2.45) is 0 Å². The monoisotopic (exact) mass is 297 g/mol. The molecule has 1 aliphatic heterocycles. The van der Waals surface area contributed by atoms with Crippen molar-refractivity contribution in [2.45, 2.75) is 45.7 Å². The molecule has 0 radical (unpaired) electrons. The molecule has 2 heterocycles. The highest BCUT2D eigenvalue weighted by Gasteiger charge is 2.23. The molecular weight excluding hydrogens is 274 g/mol. The minimum Gasteiger partial charge on any atom is -0.450 e. The fourth-order valence-corrected chi connectivity index (χ4v) is 3.12. The van der Waals surface area contributed by atoms with Crippen molar-refractivity contribution >= 4 is 17.4 Å². The molecule has 1 aromatic heterocycles. The quantitative estimate of drug-likeness (QED) is 0.907. The van der Waals surface area contributed by atoms with Gasteiger partial charge in [-0.05, 0) is 26.2 Å². The van der Waals surface area contributed by atoms with Crippen molar-refractivity contribution in [3.63, 3.8) is 0 Å². The number of carbonyl (C=O) groups excluding carboxylic acids is 1. The van der Waals surface area contributed by atoms with Gasteiger partial charge in [0.1, 0.15) is 5.01 Å². The summed E-state index contributed by atoms with van der Waals surface area (Å²) in [5.41, 5.74) is 0. The van der Waals surface area contributed by atoms with Crippen LogP contribution in [0.1, 0.15) is 36.6 Å². The van der Waals surface area contributed by atoms with Gasteiger partial charge in [-0.25, -0.2) is 9.78 Å². The third kappa shape index (κ3) is 4.18. The van der Waals surface area contributed by atoms with Gasteiger partial charge >= 0.3 is 6.09 Å². The molecule has 0 atom stereocenters. The Labute approximate surface area is 124 Å². The highest BCUT2D eigenvalue weighted by atomic mass is 32.1. The van der Waals surface area contributed by atoms with E-state index in [2.05, 4.69) is 17.2 Å².